The number of anilines is 1. The standard InChI is InChI=1S/C13H22N4OS/c1-5-16(10(2)8-15(3)4)12-11(9-18)17-6-7-19-13(17)14-12/h6-7,10,18H,5,8-9H2,1-4H3. The molecule has 106 valence electrons. The molecule has 0 aliphatic heterocycles. The van der Waals surface area contributed by atoms with Gasteiger partial charge in [-0.3, -0.25) is 4.40 Å². The number of imidazole rings is 1. The SMILES string of the molecule is CCN(c1nc2sccn2c1CO)C(C)CN(C)C. The molecule has 6 heteroatoms. The van der Waals surface area contributed by atoms with Crippen molar-refractivity contribution in [3.63, 3.8) is 0 Å². The molecule has 0 saturated carbocycles. The minimum Gasteiger partial charge on any atom is -0.390 e. The van der Waals surface area contributed by atoms with E-state index in [1.165, 1.54) is 0 Å². The molecule has 0 saturated heterocycles. The quantitative estimate of drug-likeness (QED) is 0.875. The Balaban J connectivity index is 2.36. The van der Waals surface area contributed by atoms with E-state index in [0.29, 0.717) is 6.04 Å². The van der Waals surface area contributed by atoms with Crippen LogP contribution in [-0.4, -0.2) is 52.6 Å². The molecule has 2 aromatic heterocycles. The van der Waals surface area contributed by atoms with Crippen LogP contribution in [0.1, 0.15) is 19.5 Å². The Hall–Kier alpha value is -1.11. The average molecular weight is 282 g/mol. The molecule has 0 aliphatic carbocycles. The fourth-order valence-corrected chi connectivity index (χ4v) is 3.22. The van der Waals surface area contributed by atoms with Gasteiger partial charge < -0.3 is 14.9 Å². The summed E-state index contributed by atoms with van der Waals surface area (Å²) in [7, 11) is 4.14. The highest BCUT2D eigenvalue weighted by Crippen LogP contribution is 2.26. The fraction of sp³-hybridized carbons (Fsp3) is 0.615. The first-order valence-corrected chi connectivity index (χ1v) is 7.43. The van der Waals surface area contributed by atoms with Crippen molar-refractivity contribution < 1.29 is 5.11 Å². The zero-order chi connectivity index (χ0) is 14.0. The lowest BCUT2D eigenvalue weighted by Crippen LogP contribution is -2.40. The van der Waals surface area contributed by atoms with Gasteiger partial charge >= 0.3 is 0 Å². The molecule has 2 aromatic rings. The Morgan fingerprint density at radius 1 is 1.47 bits per heavy atom. The second kappa shape index (κ2) is 5.90. The van der Waals surface area contributed by atoms with E-state index in [4.69, 9.17) is 0 Å². The van der Waals surface area contributed by atoms with Crippen molar-refractivity contribution in [2.75, 3.05) is 32.1 Å². The summed E-state index contributed by atoms with van der Waals surface area (Å²) in [6.07, 6.45) is 1.96. The summed E-state index contributed by atoms with van der Waals surface area (Å²) in [5, 5.41) is 11.6. The highest BCUT2D eigenvalue weighted by molar-refractivity contribution is 7.15. The average Bonchev–Trinajstić information content (AvgIpc) is 2.89. The van der Waals surface area contributed by atoms with Crippen molar-refractivity contribution in [2.24, 2.45) is 0 Å². The van der Waals surface area contributed by atoms with E-state index in [1.54, 1.807) is 11.3 Å². The van der Waals surface area contributed by atoms with Gasteiger partial charge in [0.15, 0.2) is 10.8 Å². The zero-order valence-electron chi connectivity index (χ0n) is 12.0. The van der Waals surface area contributed by atoms with E-state index in [1.807, 2.05) is 16.0 Å². The van der Waals surface area contributed by atoms with Crippen LogP contribution in [-0.2, 0) is 6.61 Å². The van der Waals surface area contributed by atoms with Gasteiger partial charge in [0.05, 0.1) is 12.3 Å². The molecular formula is C13H22N4OS. The number of thiazole rings is 1. The van der Waals surface area contributed by atoms with Crippen LogP contribution >= 0.6 is 11.3 Å². The molecule has 1 N–H and O–H groups in total. The molecular weight excluding hydrogens is 260 g/mol. The molecule has 0 spiro atoms. The van der Waals surface area contributed by atoms with E-state index in [0.717, 1.165) is 29.6 Å². The van der Waals surface area contributed by atoms with Crippen molar-refractivity contribution in [3.8, 4) is 0 Å². The van der Waals surface area contributed by atoms with E-state index in [2.05, 4.69) is 42.7 Å². The maximum Gasteiger partial charge on any atom is 0.195 e. The summed E-state index contributed by atoms with van der Waals surface area (Å²) in [5.74, 6) is 0.909. The molecule has 2 heterocycles. The smallest absolute Gasteiger partial charge is 0.195 e. The van der Waals surface area contributed by atoms with Crippen LogP contribution in [0.4, 0.5) is 5.82 Å². The predicted molar refractivity (Wildman–Crippen MR) is 80.0 cm³/mol. The Morgan fingerprint density at radius 3 is 2.79 bits per heavy atom. The molecule has 19 heavy (non-hydrogen) atoms. The number of likely N-dealkylation sites (N-methyl/N-ethyl adjacent to an activating group) is 2. The first kappa shape index (κ1) is 14.3. The normalized spacial score (nSPS) is 13.4. The molecule has 5 nitrogen and oxygen atoms in total. The van der Waals surface area contributed by atoms with E-state index in [9.17, 15) is 5.11 Å². The van der Waals surface area contributed by atoms with Crippen LogP contribution in [0.5, 0.6) is 0 Å². The van der Waals surface area contributed by atoms with Crippen LogP contribution in [0.15, 0.2) is 11.6 Å². The van der Waals surface area contributed by atoms with Gasteiger partial charge in [0.2, 0.25) is 0 Å². The third-order valence-corrected chi connectivity index (χ3v) is 4.02. The number of hydrogen-bond donors (Lipinski definition) is 1. The van der Waals surface area contributed by atoms with Crippen LogP contribution in [0.2, 0.25) is 0 Å². The van der Waals surface area contributed by atoms with Gasteiger partial charge in [0.25, 0.3) is 0 Å². The Labute approximate surface area is 118 Å². The van der Waals surface area contributed by atoms with Gasteiger partial charge in [-0.1, -0.05) is 0 Å². The number of rotatable bonds is 6. The topological polar surface area (TPSA) is 44.0 Å². The van der Waals surface area contributed by atoms with Crippen molar-refractivity contribution in [1.29, 1.82) is 0 Å². The molecule has 0 fully saturated rings. The van der Waals surface area contributed by atoms with Gasteiger partial charge in [0.1, 0.15) is 0 Å². The Morgan fingerprint density at radius 2 is 2.21 bits per heavy atom. The second-order valence-electron chi connectivity index (χ2n) is 4.99. The highest BCUT2D eigenvalue weighted by Gasteiger charge is 2.21. The van der Waals surface area contributed by atoms with Crippen molar-refractivity contribution >= 4 is 22.1 Å². The third-order valence-electron chi connectivity index (χ3n) is 3.26. The predicted octanol–water partition coefficient (Wildman–Crippen LogP) is 1.66. The maximum absolute atomic E-state index is 9.64. The monoisotopic (exact) mass is 282 g/mol. The van der Waals surface area contributed by atoms with Crippen LogP contribution in [0.25, 0.3) is 4.96 Å². The lowest BCUT2D eigenvalue weighted by Gasteiger charge is -2.30. The van der Waals surface area contributed by atoms with Crippen molar-refractivity contribution in [3.05, 3.63) is 17.3 Å². The van der Waals surface area contributed by atoms with Crippen LogP contribution in [0, 0.1) is 0 Å². The summed E-state index contributed by atoms with van der Waals surface area (Å²) < 4.78 is 1.98. The third kappa shape index (κ3) is 2.75. The Kier molecular flexibility index (Phi) is 4.44. The van der Waals surface area contributed by atoms with Gasteiger partial charge in [-0.2, -0.15) is 0 Å². The number of aliphatic hydroxyl groups excluding tert-OH is 1. The summed E-state index contributed by atoms with van der Waals surface area (Å²) in [6.45, 7) is 6.17. The Bertz CT molecular complexity index is 534. The van der Waals surface area contributed by atoms with E-state index in [-0.39, 0.29) is 6.61 Å². The highest BCUT2D eigenvalue weighted by atomic mass is 32.1. The lowest BCUT2D eigenvalue weighted by molar-refractivity contribution is 0.275. The second-order valence-corrected chi connectivity index (χ2v) is 5.87. The number of nitrogens with zero attached hydrogens (tertiary/aromatic N) is 4. The summed E-state index contributed by atoms with van der Waals surface area (Å²) >= 11 is 1.59. The first-order valence-electron chi connectivity index (χ1n) is 6.55. The van der Waals surface area contributed by atoms with E-state index >= 15 is 0 Å². The molecule has 0 radical (unpaired) electrons. The van der Waals surface area contributed by atoms with Crippen LogP contribution in [0.3, 0.4) is 0 Å². The minimum absolute atomic E-state index is 0.0123. The summed E-state index contributed by atoms with van der Waals surface area (Å²) in [4.78, 5) is 10.0. The summed E-state index contributed by atoms with van der Waals surface area (Å²) in [6, 6.07) is 0.356. The van der Waals surface area contributed by atoms with Crippen molar-refractivity contribution in [1.82, 2.24) is 14.3 Å². The number of aliphatic hydroxyl groups is 1. The van der Waals surface area contributed by atoms with E-state index < -0.39 is 0 Å². The number of fused-ring (bicyclic) bond motifs is 1. The largest absolute Gasteiger partial charge is 0.390 e. The molecule has 2 rings (SSSR count). The van der Waals surface area contributed by atoms with Crippen LogP contribution < -0.4 is 4.90 Å². The lowest BCUT2D eigenvalue weighted by atomic mass is 10.2. The first-order chi connectivity index (χ1) is 9.08. The maximum atomic E-state index is 9.64. The zero-order valence-corrected chi connectivity index (χ0v) is 12.8. The minimum atomic E-state index is 0.0123. The molecule has 0 amide bonds. The summed E-state index contributed by atoms with van der Waals surface area (Å²) in [5.41, 5.74) is 0.878. The molecule has 1 atom stereocenters. The van der Waals surface area contributed by atoms with Crippen molar-refractivity contribution in [2.45, 2.75) is 26.5 Å². The molecule has 0 aliphatic rings. The van der Waals surface area contributed by atoms with Gasteiger partial charge in [-0.05, 0) is 27.9 Å². The number of hydrogen-bond acceptors (Lipinski definition) is 5. The molecule has 1 unspecified atom stereocenters. The fourth-order valence-electron chi connectivity index (χ4n) is 2.50. The molecule has 0 aromatic carbocycles. The van der Waals surface area contributed by atoms with Gasteiger partial charge in [-0.15, -0.1) is 11.3 Å². The number of aromatic nitrogens is 2. The van der Waals surface area contributed by atoms with Gasteiger partial charge in [-0.25, -0.2) is 4.98 Å². The molecule has 0 bridgehead atoms. The van der Waals surface area contributed by atoms with Gasteiger partial charge in [0, 0.05) is 30.7 Å².